The molecular weight excluding hydrogens is 352 g/mol. The quantitative estimate of drug-likeness (QED) is 0.730. The van der Waals surface area contributed by atoms with Crippen LogP contribution in [-0.4, -0.2) is 29.0 Å². The average molecular weight is 371 g/mol. The molecular formula is C20H19F2N3O2. The van der Waals surface area contributed by atoms with Gasteiger partial charge in [-0.2, -0.15) is 0 Å². The lowest BCUT2D eigenvalue weighted by molar-refractivity contribution is 0.186. The molecule has 1 saturated heterocycles. The Kier molecular flexibility index (Phi) is 4.51. The van der Waals surface area contributed by atoms with Crippen LogP contribution in [0.5, 0.6) is 0 Å². The summed E-state index contributed by atoms with van der Waals surface area (Å²) in [6, 6.07) is 8.28. The number of oxazole rings is 1. The van der Waals surface area contributed by atoms with E-state index in [-0.39, 0.29) is 12.1 Å². The van der Waals surface area contributed by atoms with Crippen molar-refractivity contribution in [3.05, 3.63) is 53.9 Å². The summed E-state index contributed by atoms with van der Waals surface area (Å²) >= 11 is 0. The van der Waals surface area contributed by atoms with Gasteiger partial charge in [0, 0.05) is 24.7 Å². The summed E-state index contributed by atoms with van der Waals surface area (Å²) < 4.78 is 33.1. The molecule has 0 unspecified atom stereocenters. The topological polar surface area (TPSA) is 58.4 Å². The maximum atomic E-state index is 14.1. The van der Waals surface area contributed by atoms with Gasteiger partial charge >= 0.3 is 6.03 Å². The number of halogens is 2. The van der Waals surface area contributed by atoms with Gasteiger partial charge in [-0.3, -0.25) is 0 Å². The van der Waals surface area contributed by atoms with Gasteiger partial charge in [0.1, 0.15) is 23.2 Å². The van der Waals surface area contributed by atoms with E-state index in [0.717, 1.165) is 18.9 Å². The maximum Gasteiger partial charge on any atom is 0.318 e. The molecule has 1 aromatic heterocycles. The van der Waals surface area contributed by atoms with Gasteiger partial charge < -0.3 is 14.6 Å². The van der Waals surface area contributed by atoms with Crippen LogP contribution in [0.4, 0.5) is 13.6 Å². The van der Waals surface area contributed by atoms with Crippen LogP contribution >= 0.6 is 0 Å². The molecule has 2 aromatic carbocycles. The third kappa shape index (κ3) is 3.25. The number of carbonyl (C=O) groups is 1. The number of aromatic nitrogens is 1. The number of amides is 2. The van der Waals surface area contributed by atoms with E-state index in [4.69, 9.17) is 4.42 Å². The first-order chi connectivity index (χ1) is 13.1. The fourth-order valence-electron chi connectivity index (χ4n) is 3.50. The van der Waals surface area contributed by atoms with Gasteiger partial charge in [-0.05, 0) is 49.6 Å². The number of carbonyl (C=O) groups excluding carboxylic acids is 1. The third-order valence-corrected chi connectivity index (χ3v) is 4.77. The SMILES string of the molecule is CCNC(=O)N1CCC[C@H]1c1nc2cc(-c3ccc(F)cc3F)ccc2o1. The monoisotopic (exact) mass is 371 g/mol. The van der Waals surface area contributed by atoms with Gasteiger partial charge in [-0.25, -0.2) is 18.6 Å². The van der Waals surface area contributed by atoms with Gasteiger partial charge in [0.25, 0.3) is 0 Å². The molecule has 1 aliphatic rings. The van der Waals surface area contributed by atoms with Gasteiger partial charge in [0.2, 0.25) is 5.89 Å². The van der Waals surface area contributed by atoms with Crippen molar-refractivity contribution in [2.75, 3.05) is 13.1 Å². The molecule has 0 aliphatic carbocycles. The molecule has 1 atom stereocenters. The van der Waals surface area contributed by atoms with E-state index in [1.165, 1.54) is 12.1 Å². The van der Waals surface area contributed by atoms with Gasteiger partial charge in [-0.1, -0.05) is 6.07 Å². The standard InChI is InChI=1S/C20H19F2N3O2/c1-2-23-20(26)25-9-3-4-17(25)19-24-16-10-12(5-8-18(16)27-19)14-7-6-13(21)11-15(14)22/h5-8,10-11,17H,2-4,9H2,1H3,(H,23,26)/t17-/m0/s1. The molecule has 140 valence electrons. The average Bonchev–Trinajstić information content (AvgIpc) is 3.28. The highest BCUT2D eigenvalue weighted by Crippen LogP contribution is 2.34. The Morgan fingerprint density at radius 3 is 2.93 bits per heavy atom. The van der Waals surface area contributed by atoms with Crippen LogP contribution in [0.2, 0.25) is 0 Å². The second-order valence-electron chi connectivity index (χ2n) is 6.55. The Morgan fingerprint density at radius 2 is 2.15 bits per heavy atom. The van der Waals surface area contributed by atoms with Crippen molar-refractivity contribution in [3.8, 4) is 11.1 Å². The Hall–Kier alpha value is -2.96. The number of urea groups is 1. The first-order valence-electron chi connectivity index (χ1n) is 8.97. The molecule has 1 N–H and O–H groups in total. The first kappa shape index (κ1) is 17.5. The zero-order valence-electron chi connectivity index (χ0n) is 14.8. The van der Waals surface area contributed by atoms with Crippen molar-refractivity contribution in [3.63, 3.8) is 0 Å². The summed E-state index contributed by atoms with van der Waals surface area (Å²) in [6.45, 7) is 3.09. The minimum atomic E-state index is -0.628. The smallest absolute Gasteiger partial charge is 0.318 e. The molecule has 1 fully saturated rings. The number of hydrogen-bond acceptors (Lipinski definition) is 3. The van der Waals surface area contributed by atoms with Crippen molar-refractivity contribution in [1.29, 1.82) is 0 Å². The van der Waals surface area contributed by atoms with Crippen molar-refractivity contribution in [2.24, 2.45) is 0 Å². The molecule has 0 radical (unpaired) electrons. The minimum Gasteiger partial charge on any atom is -0.438 e. The highest BCUT2D eigenvalue weighted by molar-refractivity contribution is 5.81. The van der Waals surface area contributed by atoms with Crippen molar-refractivity contribution >= 4 is 17.1 Å². The third-order valence-electron chi connectivity index (χ3n) is 4.77. The van der Waals surface area contributed by atoms with E-state index in [0.29, 0.717) is 41.2 Å². The Morgan fingerprint density at radius 1 is 1.30 bits per heavy atom. The molecule has 3 aromatic rings. The summed E-state index contributed by atoms with van der Waals surface area (Å²) in [5, 5.41) is 2.81. The predicted molar refractivity (Wildman–Crippen MR) is 97.1 cm³/mol. The largest absolute Gasteiger partial charge is 0.438 e. The van der Waals surface area contributed by atoms with E-state index in [2.05, 4.69) is 10.3 Å². The number of hydrogen-bond donors (Lipinski definition) is 1. The molecule has 2 amide bonds. The molecule has 0 bridgehead atoms. The second-order valence-corrected chi connectivity index (χ2v) is 6.55. The zero-order valence-corrected chi connectivity index (χ0v) is 14.8. The van der Waals surface area contributed by atoms with E-state index in [9.17, 15) is 13.6 Å². The van der Waals surface area contributed by atoms with Crippen molar-refractivity contribution in [2.45, 2.75) is 25.8 Å². The lowest BCUT2D eigenvalue weighted by atomic mass is 10.0. The van der Waals surface area contributed by atoms with Crippen LogP contribution in [0.25, 0.3) is 22.2 Å². The Labute approximate surface area is 155 Å². The van der Waals surface area contributed by atoms with Crippen LogP contribution in [0.3, 0.4) is 0 Å². The number of nitrogens with zero attached hydrogens (tertiary/aromatic N) is 2. The number of benzene rings is 2. The highest BCUT2D eigenvalue weighted by atomic mass is 19.1. The molecule has 27 heavy (non-hydrogen) atoms. The summed E-state index contributed by atoms with van der Waals surface area (Å²) in [5.74, 6) is -0.769. The first-order valence-corrected chi connectivity index (χ1v) is 8.97. The lowest BCUT2D eigenvalue weighted by Gasteiger charge is -2.22. The van der Waals surface area contributed by atoms with E-state index < -0.39 is 11.6 Å². The molecule has 1 aliphatic heterocycles. The fourth-order valence-corrected chi connectivity index (χ4v) is 3.50. The normalized spacial score (nSPS) is 16.9. The zero-order chi connectivity index (χ0) is 19.0. The fraction of sp³-hybridized carbons (Fsp3) is 0.300. The number of nitrogens with one attached hydrogen (secondary N) is 1. The van der Waals surface area contributed by atoms with Crippen molar-refractivity contribution in [1.82, 2.24) is 15.2 Å². The van der Waals surface area contributed by atoms with E-state index >= 15 is 0 Å². The molecule has 2 heterocycles. The van der Waals surface area contributed by atoms with E-state index in [1.807, 2.05) is 6.92 Å². The summed E-state index contributed by atoms with van der Waals surface area (Å²) in [7, 11) is 0. The Bertz CT molecular complexity index is 1000. The van der Waals surface area contributed by atoms with Crippen LogP contribution in [0.1, 0.15) is 31.7 Å². The summed E-state index contributed by atoms with van der Waals surface area (Å²) in [4.78, 5) is 18.5. The van der Waals surface area contributed by atoms with Gasteiger partial charge in [-0.15, -0.1) is 0 Å². The van der Waals surface area contributed by atoms with Crippen LogP contribution in [0, 0.1) is 11.6 Å². The summed E-state index contributed by atoms with van der Waals surface area (Å²) in [6.07, 6.45) is 1.66. The lowest BCUT2D eigenvalue weighted by Crippen LogP contribution is -2.39. The minimum absolute atomic E-state index is 0.128. The second kappa shape index (κ2) is 6.98. The summed E-state index contributed by atoms with van der Waals surface area (Å²) in [5.41, 5.74) is 2.03. The van der Waals surface area contributed by atoms with Crippen LogP contribution in [-0.2, 0) is 0 Å². The number of likely N-dealkylation sites (tertiary alicyclic amines) is 1. The van der Waals surface area contributed by atoms with Gasteiger partial charge in [0.15, 0.2) is 5.58 Å². The maximum absolute atomic E-state index is 14.1. The number of fused-ring (bicyclic) bond motifs is 1. The molecule has 0 saturated carbocycles. The van der Waals surface area contributed by atoms with E-state index in [1.54, 1.807) is 23.1 Å². The van der Waals surface area contributed by atoms with Crippen LogP contribution < -0.4 is 5.32 Å². The molecule has 0 spiro atoms. The highest BCUT2D eigenvalue weighted by Gasteiger charge is 2.33. The number of rotatable bonds is 3. The molecule has 4 rings (SSSR count). The van der Waals surface area contributed by atoms with Crippen LogP contribution in [0.15, 0.2) is 40.8 Å². The molecule has 7 heteroatoms. The Balaban J connectivity index is 1.68. The van der Waals surface area contributed by atoms with Gasteiger partial charge in [0.05, 0.1) is 0 Å². The molecule has 5 nitrogen and oxygen atoms in total. The predicted octanol–water partition coefficient (Wildman–Crippen LogP) is 4.64. The van der Waals surface area contributed by atoms with Crippen molar-refractivity contribution < 1.29 is 18.0 Å².